The molecule has 0 saturated carbocycles. The van der Waals surface area contributed by atoms with Crippen LogP contribution in [0.3, 0.4) is 0 Å². The minimum atomic E-state index is -0.207. The Morgan fingerprint density at radius 2 is 2.04 bits per heavy atom. The van der Waals surface area contributed by atoms with Gasteiger partial charge in [-0.2, -0.15) is 5.26 Å². The lowest BCUT2D eigenvalue weighted by atomic mass is 9.96. The maximum Gasteiger partial charge on any atom is 0.256 e. The Kier molecular flexibility index (Phi) is 4.27. The number of benzene rings is 1. The molecule has 0 atom stereocenters. The average molecular weight is 363 g/mol. The first-order valence-electron chi connectivity index (χ1n) is 8.51. The summed E-state index contributed by atoms with van der Waals surface area (Å²) in [5.41, 5.74) is 4.07. The fraction of sp³-hybridized carbons (Fsp3) is 0.263. The van der Waals surface area contributed by atoms with E-state index in [4.69, 9.17) is 0 Å². The number of carbonyl (C=O) groups excluding carboxylic acids is 1. The Balaban J connectivity index is 1.57. The van der Waals surface area contributed by atoms with Gasteiger partial charge in [0.1, 0.15) is 11.1 Å². The van der Waals surface area contributed by atoms with E-state index < -0.39 is 0 Å². The first-order valence-corrected chi connectivity index (χ1v) is 9.33. The molecule has 1 amide bonds. The Bertz CT molecular complexity index is 1010. The number of hydrogen-bond donors (Lipinski definition) is 1. The molecule has 0 aliphatic heterocycles. The highest BCUT2D eigenvalue weighted by molar-refractivity contribution is 7.16. The molecule has 0 unspecified atom stereocenters. The highest BCUT2D eigenvalue weighted by atomic mass is 32.1. The van der Waals surface area contributed by atoms with Crippen molar-refractivity contribution in [2.45, 2.75) is 32.6 Å². The van der Waals surface area contributed by atoms with Gasteiger partial charge in [0, 0.05) is 10.4 Å². The van der Waals surface area contributed by atoms with Gasteiger partial charge < -0.3 is 5.32 Å². The Morgan fingerprint density at radius 1 is 1.27 bits per heavy atom. The normalized spacial score (nSPS) is 13.1. The van der Waals surface area contributed by atoms with Gasteiger partial charge in [0.15, 0.2) is 0 Å². The van der Waals surface area contributed by atoms with E-state index in [1.54, 1.807) is 23.0 Å². The van der Waals surface area contributed by atoms with Crippen molar-refractivity contribution in [3.05, 3.63) is 57.7 Å². The number of nitrogens with one attached hydrogen (secondary N) is 1. The first kappa shape index (κ1) is 16.5. The summed E-state index contributed by atoms with van der Waals surface area (Å²) in [5.74, 6) is -0.207. The lowest BCUT2D eigenvalue weighted by Crippen LogP contribution is -2.12. The van der Waals surface area contributed by atoms with Gasteiger partial charge in [-0.05, 0) is 62.4 Å². The van der Waals surface area contributed by atoms with Crippen LogP contribution in [0.4, 0.5) is 5.00 Å². The third-order valence-corrected chi connectivity index (χ3v) is 5.81. The first-order chi connectivity index (χ1) is 12.7. The van der Waals surface area contributed by atoms with Crippen LogP contribution in [-0.2, 0) is 12.8 Å². The third kappa shape index (κ3) is 2.89. The minimum Gasteiger partial charge on any atom is -0.312 e. The summed E-state index contributed by atoms with van der Waals surface area (Å²) in [6.07, 6.45) is 5.86. The standard InChI is InChI=1S/C19H17N5OS/c1-12-11-21-23-24(12)14-8-6-13(7-9-14)18(25)22-19-16(10-20)15-4-2-3-5-17(15)26-19/h6-9,11H,2-5H2,1H3,(H,22,25). The summed E-state index contributed by atoms with van der Waals surface area (Å²) in [7, 11) is 0. The number of thiophene rings is 1. The van der Waals surface area contributed by atoms with Crippen LogP contribution < -0.4 is 5.32 Å². The van der Waals surface area contributed by atoms with Gasteiger partial charge in [-0.25, -0.2) is 4.68 Å². The van der Waals surface area contributed by atoms with Crippen molar-refractivity contribution in [2.75, 3.05) is 5.32 Å². The molecule has 4 rings (SSSR count). The second kappa shape index (κ2) is 6.73. The number of hydrogen-bond acceptors (Lipinski definition) is 5. The number of fused-ring (bicyclic) bond motifs is 1. The van der Waals surface area contributed by atoms with E-state index in [0.29, 0.717) is 16.1 Å². The monoisotopic (exact) mass is 363 g/mol. The summed E-state index contributed by atoms with van der Waals surface area (Å²) >= 11 is 1.54. The molecule has 0 bridgehead atoms. The van der Waals surface area contributed by atoms with E-state index in [0.717, 1.165) is 42.6 Å². The minimum absolute atomic E-state index is 0.207. The molecule has 130 valence electrons. The topological polar surface area (TPSA) is 83.6 Å². The van der Waals surface area contributed by atoms with Crippen LogP contribution in [0.5, 0.6) is 0 Å². The molecule has 6 nitrogen and oxygen atoms in total. The van der Waals surface area contributed by atoms with E-state index in [1.807, 2.05) is 19.1 Å². The average Bonchev–Trinajstić information content (AvgIpc) is 3.24. The van der Waals surface area contributed by atoms with E-state index in [1.165, 1.54) is 16.2 Å². The summed E-state index contributed by atoms with van der Waals surface area (Å²) in [4.78, 5) is 13.8. The van der Waals surface area contributed by atoms with Crippen LogP contribution in [0, 0.1) is 18.3 Å². The van der Waals surface area contributed by atoms with Crippen molar-refractivity contribution in [2.24, 2.45) is 0 Å². The highest BCUT2D eigenvalue weighted by Crippen LogP contribution is 2.37. The Labute approximate surface area is 155 Å². The van der Waals surface area contributed by atoms with Crippen LogP contribution in [-0.4, -0.2) is 20.9 Å². The van der Waals surface area contributed by atoms with Gasteiger partial charge in [0.2, 0.25) is 0 Å². The predicted octanol–water partition coefficient (Wildman–Crippen LogP) is 3.64. The van der Waals surface area contributed by atoms with Gasteiger partial charge in [0.05, 0.1) is 23.1 Å². The van der Waals surface area contributed by atoms with E-state index >= 15 is 0 Å². The number of nitrogens with zero attached hydrogens (tertiary/aromatic N) is 4. The fourth-order valence-corrected chi connectivity index (χ4v) is 4.48. The molecule has 2 heterocycles. The number of rotatable bonds is 3. The molecule has 2 aromatic heterocycles. The van der Waals surface area contributed by atoms with Crippen LogP contribution >= 0.6 is 11.3 Å². The van der Waals surface area contributed by atoms with Crippen molar-refractivity contribution in [3.8, 4) is 11.8 Å². The molecule has 1 N–H and O–H groups in total. The number of aromatic nitrogens is 3. The number of nitriles is 1. The lowest BCUT2D eigenvalue weighted by Gasteiger charge is -2.09. The maximum atomic E-state index is 12.6. The third-order valence-electron chi connectivity index (χ3n) is 4.60. The highest BCUT2D eigenvalue weighted by Gasteiger charge is 2.22. The molecular formula is C19H17N5OS. The predicted molar refractivity (Wildman–Crippen MR) is 99.7 cm³/mol. The van der Waals surface area contributed by atoms with Crippen molar-refractivity contribution in [3.63, 3.8) is 0 Å². The summed E-state index contributed by atoms with van der Waals surface area (Å²) in [6.45, 7) is 1.92. The van der Waals surface area contributed by atoms with Crippen molar-refractivity contribution in [1.29, 1.82) is 5.26 Å². The fourth-order valence-electron chi connectivity index (χ4n) is 3.24. The van der Waals surface area contributed by atoms with Crippen molar-refractivity contribution < 1.29 is 4.79 Å². The molecule has 7 heteroatoms. The second-order valence-electron chi connectivity index (χ2n) is 6.32. The molecule has 1 aliphatic carbocycles. The summed E-state index contributed by atoms with van der Waals surface area (Å²) in [6, 6.07) is 9.45. The molecule has 0 spiro atoms. The molecule has 26 heavy (non-hydrogen) atoms. The Morgan fingerprint density at radius 3 is 2.73 bits per heavy atom. The van der Waals surface area contributed by atoms with Crippen LogP contribution in [0.1, 0.15) is 44.9 Å². The number of amides is 1. The molecule has 3 aromatic rings. The van der Waals surface area contributed by atoms with Gasteiger partial charge in [-0.1, -0.05) is 5.21 Å². The Hall–Kier alpha value is -2.98. The largest absolute Gasteiger partial charge is 0.312 e. The van der Waals surface area contributed by atoms with Gasteiger partial charge in [-0.15, -0.1) is 16.4 Å². The molecular weight excluding hydrogens is 346 g/mol. The number of anilines is 1. The van der Waals surface area contributed by atoms with Crippen LogP contribution in [0.25, 0.3) is 5.69 Å². The quantitative estimate of drug-likeness (QED) is 0.770. The zero-order chi connectivity index (χ0) is 18.1. The number of aryl methyl sites for hydroxylation is 2. The number of carbonyl (C=O) groups is 1. The maximum absolute atomic E-state index is 12.6. The lowest BCUT2D eigenvalue weighted by molar-refractivity contribution is 0.102. The smallest absolute Gasteiger partial charge is 0.256 e. The molecule has 0 radical (unpaired) electrons. The zero-order valence-corrected chi connectivity index (χ0v) is 15.1. The SMILES string of the molecule is Cc1cnnn1-c1ccc(C(=O)Nc2sc3c(c2C#N)CCCC3)cc1. The van der Waals surface area contributed by atoms with Crippen molar-refractivity contribution >= 4 is 22.2 Å². The van der Waals surface area contributed by atoms with E-state index in [-0.39, 0.29) is 5.91 Å². The van der Waals surface area contributed by atoms with Gasteiger partial charge in [0.25, 0.3) is 5.91 Å². The molecule has 0 fully saturated rings. The molecule has 0 saturated heterocycles. The van der Waals surface area contributed by atoms with Crippen LogP contribution in [0.2, 0.25) is 0 Å². The molecule has 1 aliphatic rings. The molecule has 1 aromatic carbocycles. The summed E-state index contributed by atoms with van der Waals surface area (Å²) < 4.78 is 1.71. The van der Waals surface area contributed by atoms with Gasteiger partial charge >= 0.3 is 0 Å². The van der Waals surface area contributed by atoms with Crippen molar-refractivity contribution in [1.82, 2.24) is 15.0 Å². The van der Waals surface area contributed by atoms with E-state index in [9.17, 15) is 10.1 Å². The van der Waals surface area contributed by atoms with Gasteiger partial charge in [-0.3, -0.25) is 4.79 Å². The second-order valence-corrected chi connectivity index (χ2v) is 7.42. The van der Waals surface area contributed by atoms with Crippen LogP contribution in [0.15, 0.2) is 30.5 Å². The zero-order valence-electron chi connectivity index (χ0n) is 14.3. The van der Waals surface area contributed by atoms with E-state index in [2.05, 4.69) is 21.7 Å². The summed E-state index contributed by atoms with van der Waals surface area (Å²) in [5, 5.41) is 21.0.